The van der Waals surface area contributed by atoms with Gasteiger partial charge in [-0.3, -0.25) is 0 Å². The molecule has 1 N–H and O–H groups in total. The molecule has 1 unspecified atom stereocenters. The number of hydrogen-bond acceptors (Lipinski definition) is 8. The molecule has 0 spiro atoms. The van der Waals surface area contributed by atoms with Gasteiger partial charge in [0.2, 0.25) is 5.88 Å². The first-order valence-electron chi connectivity index (χ1n) is 10.9. The summed E-state index contributed by atoms with van der Waals surface area (Å²) in [5.74, 6) is 2.50. The zero-order valence-corrected chi connectivity index (χ0v) is 19.4. The van der Waals surface area contributed by atoms with E-state index in [0.717, 1.165) is 41.8 Å². The number of rotatable bonds is 4. The van der Waals surface area contributed by atoms with Crippen molar-refractivity contribution < 1.29 is 13.7 Å². The van der Waals surface area contributed by atoms with Crippen LogP contribution >= 0.6 is 0 Å². The van der Waals surface area contributed by atoms with E-state index in [0.29, 0.717) is 36.3 Å². The number of aromatic nitrogens is 4. The molecule has 9 nitrogen and oxygen atoms in total. The number of ether oxygens (including phenoxy) is 2. The summed E-state index contributed by atoms with van der Waals surface area (Å²) in [7, 11) is 0.909. The summed E-state index contributed by atoms with van der Waals surface area (Å²) in [6, 6.07) is 6.00. The highest BCUT2D eigenvalue weighted by Gasteiger charge is 2.33. The summed E-state index contributed by atoms with van der Waals surface area (Å²) >= 11 is 0. The lowest BCUT2D eigenvalue weighted by Crippen LogP contribution is -2.44. The Morgan fingerprint density at radius 2 is 2.19 bits per heavy atom. The van der Waals surface area contributed by atoms with E-state index in [1.807, 2.05) is 24.4 Å². The van der Waals surface area contributed by atoms with Gasteiger partial charge < -0.3 is 19.4 Å². The molecule has 3 aromatic heterocycles. The van der Waals surface area contributed by atoms with Gasteiger partial charge in [-0.15, -0.1) is 0 Å². The fourth-order valence-electron chi connectivity index (χ4n) is 4.61. The summed E-state index contributed by atoms with van der Waals surface area (Å²) in [6.45, 7) is 4.16. The van der Waals surface area contributed by atoms with E-state index in [-0.39, 0.29) is 11.3 Å². The second-order valence-corrected chi connectivity index (χ2v) is 11.0. The molecule has 3 aromatic rings. The molecule has 0 bridgehead atoms. The summed E-state index contributed by atoms with van der Waals surface area (Å²) in [4.78, 5) is 19.8. The Morgan fingerprint density at radius 1 is 1.31 bits per heavy atom. The molecule has 10 heteroatoms. The van der Waals surface area contributed by atoms with Crippen molar-refractivity contribution in [3.05, 3.63) is 30.1 Å². The summed E-state index contributed by atoms with van der Waals surface area (Å²) < 4.78 is 28.8. The molecule has 0 saturated carbocycles. The normalized spacial score (nSPS) is 25.9. The van der Waals surface area contributed by atoms with Crippen LogP contribution < -0.4 is 9.64 Å². The van der Waals surface area contributed by atoms with Crippen LogP contribution in [0.1, 0.15) is 30.7 Å². The highest BCUT2D eigenvalue weighted by Crippen LogP contribution is 2.38. The quantitative estimate of drug-likeness (QED) is 0.643. The maximum Gasteiger partial charge on any atom is 0.215 e. The van der Waals surface area contributed by atoms with Gasteiger partial charge in [0.25, 0.3) is 0 Å². The van der Waals surface area contributed by atoms with Crippen LogP contribution in [-0.4, -0.2) is 69.9 Å². The molecular formula is C22H28N6O3S. The number of morpholine rings is 1. The zero-order valence-electron chi connectivity index (χ0n) is 18.6. The Balaban J connectivity index is 1.72. The molecule has 3 atom stereocenters. The Kier molecular flexibility index (Phi) is 5.50. The van der Waals surface area contributed by atoms with Gasteiger partial charge >= 0.3 is 0 Å². The number of pyridine rings is 1. The van der Waals surface area contributed by atoms with Crippen LogP contribution in [-0.2, 0) is 14.5 Å². The average molecular weight is 457 g/mol. The molecule has 2 aliphatic heterocycles. The molecule has 5 heterocycles. The molecule has 0 amide bonds. The van der Waals surface area contributed by atoms with Gasteiger partial charge in [0, 0.05) is 48.6 Å². The van der Waals surface area contributed by atoms with Crippen LogP contribution in [0, 0.1) is 0 Å². The summed E-state index contributed by atoms with van der Waals surface area (Å²) in [5.41, 5.74) is 2.33. The van der Waals surface area contributed by atoms with Gasteiger partial charge in [-0.1, -0.05) is 0 Å². The molecule has 0 aliphatic carbocycles. The number of hydrogen-bond donors (Lipinski definition) is 1. The molecule has 2 saturated heterocycles. The Hall–Kier alpha value is -2.72. The van der Waals surface area contributed by atoms with Gasteiger partial charge in [-0.25, -0.2) is 18.5 Å². The smallest absolute Gasteiger partial charge is 0.215 e. The molecule has 5 rings (SSSR count). The lowest BCUT2D eigenvalue weighted by Gasteiger charge is -2.34. The van der Waals surface area contributed by atoms with Crippen molar-refractivity contribution in [2.75, 3.05) is 44.6 Å². The van der Waals surface area contributed by atoms with E-state index in [1.54, 1.807) is 14.2 Å². The molecule has 32 heavy (non-hydrogen) atoms. The van der Waals surface area contributed by atoms with E-state index >= 15 is 0 Å². The minimum atomic E-state index is -2.34. The third kappa shape index (κ3) is 3.61. The van der Waals surface area contributed by atoms with E-state index < -0.39 is 9.73 Å². The summed E-state index contributed by atoms with van der Waals surface area (Å²) in [6.07, 6.45) is 3.54. The van der Waals surface area contributed by atoms with Crippen molar-refractivity contribution in [2.24, 2.45) is 4.36 Å². The third-order valence-corrected chi connectivity index (χ3v) is 9.19. The van der Waals surface area contributed by atoms with Gasteiger partial charge in [0.1, 0.15) is 11.5 Å². The van der Waals surface area contributed by atoms with Gasteiger partial charge in [0.15, 0.2) is 5.82 Å². The van der Waals surface area contributed by atoms with Crippen molar-refractivity contribution in [1.29, 1.82) is 0 Å². The van der Waals surface area contributed by atoms with Crippen LogP contribution in [0.4, 0.5) is 5.82 Å². The van der Waals surface area contributed by atoms with Crippen molar-refractivity contribution >= 4 is 26.6 Å². The van der Waals surface area contributed by atoms with E-state index in [9.17, 15) is 4.21 Å². The lowest BCUT2D eigenvalue weighted by atomic mass is 10.1. The largest absolute Gasteiger partial charge is 0.481 e. The van der Waals surface area contributed by atoms with Crippen LogP contribution in [0.2, 0.25) is 0 Å². The standard InChI is InChI=1S/C22H28N6O3S/c1-14-13-31-9-8-28(14)19-12-17(18-5-4-10-32(18,29)23-2)25-22(26-19)16-11-20(30-3)27-21-15(16)6-7-24-21/h6-7,11-12,14,18H,4-5,8-10,13H2,1-3H3,(H,24,27)/t14-,18+,32?/m1/s1. The maximum atomic E-state index is 13.5. The second-order valence-electron chi connectivity index (χ2n) is 8.25. The van der Waals surface area contributed by atoms with E-state index in [2.05, 4.69) is 26.2 Å². The molecule has 170 valence electrons. The van der Waals surface area contributed by atoms with Crippen molar-refractivity contribution in [3.63, 3.8) is 0 Å². The number of nitrogens with zero attached hydrogens (tertiary/aromatic N) is 5. The van der Waals surface area contributed by atoms with E-state index in [4.69, 9.17) is 19.4 Å². The Bertz CT molecular complexity index is 1270. The van der Waals surface area contributed by atoms with Crippen LogP contribution in [0.15, 0.2) is 28.8 Å². The minimum absolute atomic E-state index is 0.183. The summed E-state index contributed by atoms with van der Waals surface area (Å²) in [5, 5.41) is 0.714. The molecule has 2 fully saturated rings. The Morgan fingerprint density at radius 3 is 2.97 bits per heavy atom. The number of aromatic amines is 1. The highest BCUT2D eigenvalue weighted by atomic mass is 32.2. The van der Waals surface area contributed by atoms with Crippen molar-refractivity contribution in [1.82, 2.24) is 19.9 Å². The highest BCUT2D eigenvalue weighted by molar-refractivity contribution is 7.94. The van der Waals surface area contributed by atoms with Crippen LogP contribution in [0.25, 0.3) is 22.4 Å². The van der Waals surface area contributed by atoms with Gasteiger partial charge in [0.05, 0.1) is 47.0 Å². The fraction of sp³-hybridized carbons (Fsp3) is 0.500. The number of fused-ring (bicyclic) bond motifs is 1. The monoisotopic (exact) mass is 456 g/mol. The molecule has 0 radical (unpaired) electrons. The number of nitrogens with one attached hydrogen (secondary N) is 1. The minimum Gasteiger partial charge on any atom is -0.481 e. The first kappa shape index (κ1) is 21.1. The predicted octanol–water partition coefficient (Wildman–Crippen LogP) is 3.19. The number of H-pyrrole nitrogens is 1. The zero-order chi connectivity index (χ0) is 22.3. The first-order valence-corrected chi connectivity index (χ1v) is 12.6. The average Bonchev–Trinajstić information content (AvgIpc) is 3.45. The molecular weight excluding hydrogens is 428 g/mol. The maximum absolute atomic E-state index is 13.5. The lowest BCUT2D eigenvalue weighted by molar-refractivity contribution is 0.0985. The Labute approximate surface area is 187 Å². The van der Waals surface area contributed by atoms with Crippen molar-refractivity contribution in [2.45, 2.75) is 31.1 Å². The third-order valence-electron chi connectivity index (χ3n) is 6.34. The second kappa shape index (κ2) is 8.32. The van der Waals surface area contributed by atoms with Gasteiger partial charge in [-0.05, 0) is 25.8 Å². The van der Waals surface area contributed by atoms with Gasteiger partial charge in [-0.2, -0.15) is 4.98 Å². The van der Waals surface area contributed by atoms with E-state index in [1.165, 1.54) is 0 Å². The predicted molar refractivity (Wildman–Crippen MR) is 125 cm³/mol. The van der Waals surface area contributed by atoms with Crippen LogP contribution in [0.3, 0.4) is 0 Å². The van der Waals surface area contributed by atoms with Crippen molar-refractivity contribution in [3.8, 4) is 17.3 Å². The fourth-order valence-corrected chi connectivity index (χ4v) is 6.95. The first-order chi connectivity index (χ1) is 15.5. The topological polar surface area (TPSA) is 106 Å². The van der Waals surface area contributed by atoms with Crippen LogP contribution in [0.5, 0.6) is 5.88 Å². The molecule has 2 aliphatic rings. The number of methoxy groups -OCH3 is 1. The number of anilines is 1. The molecule has 0 aromatic carbocycles. The SMILES string of the molecule is CN=S1(=O)CCC[C@H]1c1cc(N2CCOC[C@H]2C)nc(-c2cc(OC)nc3[nH]ccc23)n1.